The van der Waals surface area contributed by atoms with Gasteiger partial charge in [0.25, 0.3) is 0 Å². The van der Waals surface area contributed by atoms with Crippen molar-refractivity contribution in [2.45, 2.75) is 17.7 Å². The summed E-state index contributed by atoms with van der Waals surface area (Å²) in [5.74, 6) is 1.56. The number of amides is 1. The van der Waals surface area contributed by atoms with Gasteiger partial charge in [-0.1, -0.05) is 29.2 Å². The predicted octanol–water partition coefficient (Wildman–Crippen LogP) is 4.73. The molecule has 0 bridgehead atoms. The van der Waals surface area contributed by atoms with E-state index in [0.717, 1.165) is 22.9 Å². The van der Waals surface area contributed by atoms with Gasteiger partial charge in [0.2, 0.25) is 11.0 Å². The molecule has 0 unspecified atom stereocenters. The molecule has 1 amide bonds. The van der Waals surface area contributed by atoms with E-state index in [-0.39, 0.29) is 18.1 Å². The molecule has 32 heavy (non-hydrogen) atoms. The van der Waals surface area contributed by atoms with Crippen molar-refractivity contribution in [1.82, 2.24) is 10.2 Å². The van der Waals surface area contributed by atoms with Crippen LogP contribution in [0, 0.1) is 11.3 Å². The third kappa shape index (κ3) is 6.60. The average Bonchev–Trinajstić information content (AvgIpc) is 3.26. The van der Waals surface area contributed by atoms with Crippen molar-refractivity contribution in [1.29, 1.82) is 5.26 Å². The molecule has 2 aromatic carbocycles. The van der Waals surface area contributed by atoms with Gasteiger partial charge in [0.05, 0.1) is 32.0 Å². The standard InChI is InChI=1S/C22H23N5O3S2/c1-3-30-18-10-8-17(9-11-18)27(13-5-12-23)20(28)15-31-22-26-25-21(32-22)24-16-6-4-7-19(14-16)29-2/h4,6-11,14H,3,5,13,15H2,1-2H3,(H,24,25). The summed E-state index contributed by atoms with van der Waals surface area (Å²) < 4.78 is 11.4. The second-order valence-corrected chi connectivity index (χ2v) is 8.60. The van der Waals surface area contributed by atoms with E-state index in [0.29, 0.717) is 22.6 Å². The van der Waals surface area contributed by atoms with Gasteiger partial charge in [0, 0.05) is 24.0 Å². The number of nitrogens with zero attached hydrogens (tertiary/aromatic N) is 4. The van der Waals surface area contributed by atoms with Gasteiger partial charge in [-0.3, -0.25) is 4.79 Å². The second-order valence-electron chi connectivity index (χ2n) is 6.40. The van der Waals surface area contributed by atoms with Gasteiger partial charge in [-0.05, 0) is 43.3 Å². The minimum absolute atomic E-state index is 0.105. The van der Waals surface area contributed by atoms with E-state index < -0.39 is 0 Å². The molecule has 0 aliphatic rings. The minimum Gasteiger partial charge on any atom is -0.497 e. The van der Waals surface area contributed by atoms with Crippen molar-refractivity contribution in [2.24, 2.45) is 0 Å². The monoisotopic (exact) mass is 469 g/mol. The molecule has 1 aromatic heterocycles. The topological polar surface area (TPSA) is 100 Å². The molecule has 10 heteroatoms. The lowest BCUT2D eigenvalue weighted by Gasteiger charge is -2.21. The first kappa shape index (κ1) is 23.4. The average molecular weight is 470 g/mol. The summed E-state index contributed by atoms with van der Waals surface area (Å²) in [7, 11) is 1.61. The number of carbonyl (C=O) groups excluding carboxylic acids is 1. The molecular weight excluding hydrogens is 446 g/mol. The summed E-state index contributed by atoms with van der Waals surface area (Å²) in [5.41, 5.74) is 1.57. The van der Waals surface area contributed by atoms with Gasteiger partial charge < -0.3 is 19.7 Å². The van der Waals surface area contributed by atoms with E-state index in [2.05, 4.69) is 21.6 Å². The summed E-state index contributed by atoms with van der Waals surface area (Å²) in [6, 6.07) is 16.9. The number of anilines is 3. The Morgan fingerprint density at radius 2 is 2.03 bits per heavy atom. The zero-order chi connectivity index (χ0) is 22.8. The van der Waals surface area contributed by atoms with Crippen LogP contribution in [0.2, 0.25) is 0 Å². The van der Waals surface area contributed by atoms with Crippen molar-refractivity contribution >= 4 is 45.5 Å². The molecule has 0 saturated heterocycles. The lowest BCUT2D eigenvalue weighted by molar-refractivity contribution is -0.116. The highest BCUT2D eigenvalue weighted by Crippen LogP contribution is 2.29. The number of ether oxygens (including phenoxy) is 2. The van der Waals surface area contributed by atoms with E-state index in [1.165, 1.54) is 23.1 Å². The number of hydrogen-bond acceptors (Lipinski definition) is 9. The van der Waals surface area contributed by atoms with Crippen LogP contribution >= 0.6 is 23.1 Å². The van der Waals surface area contributed by atoms with Gasteiger partial charge in [0.15, 0.2) is 4.34 Å². The van der Waals surface area contributed by atoms with E-state index in [4.69, 9.17) is 14.7 Å². The second kappa shape index (κ2) is 11.9. The molecule has 1 heterocycles. The molecule has 0 spiro atoms. The Hall–Kier alpha value is -3.29. The number of methoxy groups -OCH3 is 1. The van der Waals surface area contributed by atoms with Crippen molar-refractivity contribution in [3.05, 3.63) is 48.5 Å². The third-order valence-electron chi connectivity index (χ3n) is 4.25. The normalized spacial score (nSPS) is 10.3. The number of benzene rings is 2. The Morgan fingerprint density at radius 1 is 1.22 bits per heavy atom. The maximum absolute atomic E-state index is 12.9. The molecule has 166 valence electrons. The molecule has 0 aliphatic carbocycles. The molecule has 3 rings (SSSR count). The molecule has 0 aliphatic heterocycles. The Kier molecular flexibility index (Phi) is 8.71. The first-order valence-electron chi connectivity index (χ1n) is 9.90. The van der Waals surface area contributed by atoms with Crippen molar-refractivity contribution < 1.29 is 14.3 Å². The fraction of sp³-hybridized carbons (Fsp3) is 0.273. The lowest BCUT2D eigenvalue weighted by atomic mass is 10.2. The van der Waals surface area contributed by atoms with E-state index in [1.54, 1.807) is 12.0 Å². The van der Waals surface area contributed by atoms with Crippen LogP contribution in [-0.4, -0.2) is 42.1 Å². The van der Waals surface area contributed by atoms with Crippen LogP contribution in [0.1, 0.15) is 13.3 Å². The van der Waals surface area contributed by atoms with Crippen molar-refractivity contribution in [2.75, 3.05) is 36.2 Å². The largest absolute Gasteiger partial charge is 0.497 e. The number of aromatic nitrogens is 2. The SMILES string of the molecule is CCOc1ccc(N(CCC#N)C(=O)CSc2nnc(Nc3cccc(OC)c3)s2)cc1. The summed E-state index contributed by atoms with van der Waals surface area (Å²) >= 11 is 2.68. The predicted molar refractivity (Wildman–Crippen MR) is 127 cm³/mol. The quantitative estimate of drug-likeness (QED) is 0.402. The van der Waals surface area contributed by atoms with Crippen LogP contribution in [0.4, 0.5) is 16.5 Å². The Balaban J connectivity index is 1.61. The van der Waals surface area contributed by atoms with Crippen LogP contribution < -0.4 is 19.7 Å². The number of hydrogen-bond donors (Lipinski definition) is 1. The Bertz CT molecular complexity index is 1070. The third-order valence-corrected chi connectivity index (χ3v) is 6.21. The zero-order valence-electron chi connectivity index (χ0n) is 17.8. The fourth-order valence-electron chi connectivity index (χ4n) is 2.79. The summed E-state index contributed by atoms with van der Waals surface area (Å²) in [6.45, 7) is 2.81. The fourth-order valence-corrected chi connectivity index (χ4v) is 4.44. The molecular formula is C22H23N5O3S2. The van der Waals surface area contributed by atoms with Crippen LogP contribution in [0.5, 0.6) is 11.5 Å². The van der Waals surface area contributed by atoms with E-state index in [1.807, 2.05) is 55.5 Å². The van der Waals surface area contributed by atoms with Gasteiger partial charge >= 0.3 is 0 Å². The molecule has 0 fully saturated rings. The highest BCUT2D eigenvalue weighted by Gasteiger charge is 2.17. The molecule has 3 aromatic rings. The Morgan fingerprint density at radius 3 is 2.75 bits per heavy atom. The zero-order valence-corrected chi connectivity index (χ0v) is 19.4. The number of nitriles is 1. The summed E-state index contributed by atoms with van der Waals surface area (Å²) in [4.78, 5) is 14.5. The molecule has 8 nitrogen and oxygen atoms in total. The molecule has 1 N–H and O–H groups in total. The van der Waals surface area contributed by atoms with Gasteiger partial charge in [-0.25, -0.2) is 0 Å². The van der Waals surface area contributed by atoms with Crippen LogP contribution in [0.25, 0.3) is 0 Å². The van der Waals surface area contributed by atoms with Crippen LogP contribution in [0.3, 0.4) is 0 Å². The number of carbonyl (C=O) groups is 1. The van der Waals surface area contributed by atoms with E-state index in [9.17, 15) is 4.79 Å². The number of rotatable bonds is 11. The number of thioether (sulfide) groups is 1. The molecule has 0 radical (unpaired) electrons. The smallest absolute Gasteiger partial charge is 0.237 e. The number of nitrogens with one attached hydrogen (secondary N) is 1. The van der Waals surface area contributed by atoms with Gasteiger partial charge in [0.1, 0.15) is 11.5 Å². The first-order chi connectivity index (χ1) is 15.6. The highest BCUT2D eigenvalue weighted by molar-refractivity contribution is 8.01. The van der Waals surface area contributed by atoms with Crippen molar-refractivity contribution in [3.63, 3.8) is 0 Å². The maximum Gasteiger partial charge on any atom is 0.237 e. The molecule has 0 saturated carbocycles. The van der Waals surface area contributed by atoms with Crippen LogP contribution in [0.15, 0.2) is 52.9 Å². The molecule has 0 atom stereocenters. The van der Waals surface area contributed by atoms with E-state index >= 15 is 0 Å². The first-order valence-corrected chi connectivity index (χ1v) is 11.7. The summed E-state index contributed by atoms with van der Waals surface area (Å²) in [5, 5.41) is 21.1. The highest BCUT2D eigenvalue weighted by atomic mass is 32.2. The van der Waals surface area contributed by atoms with Crippen LogP contribution in [-0.2, 0) is 4.79 Å². The lowest BCUT2D eigenvalue weighted by Crippen LogP contribution is -2.33. The summed E-state index contributed by atoms with van der Waals surface area (Å²) in [6.07, 6.45) is 0.247. The van der Waals surface area contributed by atoms with Gasteiger partial charge in [-0.2, -0.15) is 5.26 Å². The maximum atomic E-state index is 12.9. The van der Waals surface area contributed by atoms with Gasteiger partial charge in [-0.15, -0.1) is 10.2 Å². The Labute approximate surface area is 195 Å². The minimum atomic E-state index is -0.105. The van der Waals surface area contributed by atoms with Crippen molar-refractivity contribution in [3.8, 4) is 17.6 Å².